The number of amides is 2. The average Bonchev–Trinajstić information content (AvgIpc) is 2.55. The van der Waals surface area contributed by atoms with Crippen LogP contribution in [0.1, 0.15) is 23.0 Å². The highest BCUT2D eigenvalue weighted by molar-refractivity contribution is 6.05. The van der Waals surface area contributed by atoms with Gasteiger partial charge in [-0.05, 0) is 37.3 Å². The van der Waals surface area contributed by atoms with Crippen molar-refractivity contribution in [2.75, 3.05) is 10.6 Å². The second-order valence-electron chi connectivity index (χ2n) is 5.34. The maximum atomic E-state index is 12.5. The molecule has 2 amide bonds. The number of alkyl halides is 3. The summed E-state index contributed by atoms with van der Waals surface area (Å²) < 4.78 is 42.8. The lowest BCUT2D eigenvalue weighted by Gasteiger charge is -2.23. The molecule has 0 saturated carbocycles. The molecule has 0 saturated heterocycles. The topological polar surface area (TPSA) is 80.3 Å². The van der Waals surface area contributed by atoms with Crippen LogP contribution < -0.4 is 15.4 Å². The van der Waals surface area contributed by atoms with E-state index in [0.717, 1.165) is 18.3 Å². The van der Waals surface area contributed by atoms with Crippen LogP contribution in [-0.4, -0.2) is 22.9 Å². The SMILES string of the molecule is CC1Oc2ccc(NC(=O)c3ccc(C(F)(F)F)nc3)cc2NC1=O. The number of carbonyl (C=O) groups is 2. The van der Waals surface area contributed by atoms with E-state index in [1.807, 2.05) is 0 Å². The number of benzene rings is 1. The first kappa shape index (κ1) is 16.7. The van der Waals surface area contributed by atoms with Crippen molar-refractivity contribution in [2.24, 2.45) is 0 Å². The van der Waals surface area contributed by atoms with Gasteiger partial charge in [0, 0.05) is 11.9 Å². The smallest absolute Gasteiger partial charge is 0.433 e. The van der Waals surface area contributed by atoms with Crippen LogP contribution in [0.5, 0.6) is 5.75 Å². The number of nitrogens with zero attached hydrogens (tertiary/aromatic N) is 1. The molecule has 2 N–H and O–H groups in total. The molecule has 0 fully saturated rings. The monoisotopic (exact) mass is 351 g/mol. The standard InChI is InChI=1S/C16H12F3N3O3/c1-8-14(23)22-11-6-10(3-4-12(11)25-8)21-15(24)9-2-5-13(20-7-9)16(17,18)19/h2-8H,1H3,(H,21,24)(H,22,23). The fourth-order valence-electron chi connectivity index (χ4n) is 2.19. The first-order valence-electron chi connectivity index (χ1n) is 7.20. The van der Waals surface area contributed by atoms with Gasteiger partial charge >= 0.3 is 6.18 Å². The van der Waals surface area contributed by atoms with Gasteiger partial charge in [0.1, 0.15) is 11.4 Å². The van der Waals surface area contributed by atoms with E-state index in [1.54, 1.807) is 19.1 Å². The lowest BCUT2D eigenvalue weighted by Crippen LogP contribution is -2.34. The molecule has 1 aliphatic heterocycles. The quantitative estimate of drug-likeness (QED) is 0.871. The Kier molecular flexibility index (Phi) is 4.07. The molecule has 1 aromatic carbocycles. The van der Waals surface area contributed by atoms with E-state index >= 15 is 0 Å². The maximum Gasteiger partial charge on any atom is 0.433 e. The molecule has 0 spiro atoms. The molecule has 9 heteroatoms. The molecular weight excluding hydrogens is 339 g/mol. The molecule has 0 bridgehead atoms. The van der Waals surface area contributed by atoms with E-state index in [-0.39, 0.29) is 11.5 Å². The Bertz CT molecular complexity index is 835. The molecule has 1 aromatic heterocycles. The summed E-state index contributed by atoms with van der Waals surface area (Å²) in [5.74, 6) is -0.484. The Morgan fingerprint density at radius 1 is 1.28 bits per heavy atom. The van der Waals surface area contributed by atoms with E-state index in [4.69, 9.17) is 4.74 Å². The number of ether oxygens (including phenoxy) is 1. The summed E-state index contributed by atoms with van der Waals surface area (Å²) in [6.07, 6.45) is -4.34. The van der Waals surface area contributed by atoms with E-state index in [1.165, 1.54) is 6.07 Å². The van der Waals surface area contributed by atoms with Crippen LogP contribution in [0.25, 0.3) is 0 Å². The second-order valence-corrected chi connectivity index (χ2v) is 5.34. The molecule has 3 rings (SSSR count). The zero-order valence-corrected chi connectivity index (χ0v) is 12.8. The zero-order chi connectivity index (χ0) is 18.2. The minimum Gasteiger partial charge on any atom is -0.479 e. The normalized spacial score (nSPS) is 16.5. The Balaban J connectivity index is 1.75. The molecule has 2 aromatic rings. The first-order chi connectivity index (χ1) is 11.7. The molecule has 1 aliphatic rings. The van der Waals surface area contributed by atoms with Crippen molar-refractivity contribution < 1.29 is 27.5 Å². The summed E-state index contributed by atoms with van der Waals surface area (Å²) >= 11 is 0. The van der Waals surface area contributed by atoms with Gasteiger partial charge in [-0.1, -0.05) is 0 Å². The van der Waals surface area contributed by atoms with Crippen molar-refractivity contribution in [1.29, 1.82) is 0 Å². The zero-order valence-electron chi connectivity index (χ0n) is 12.8. The molecule has 6 nitrogen and oxygen atoms in total. The lowest BCUT2D eigenvalue weighted by molar-refractivity contribution is -0.141. The highest BCUT2D eigenvalue weighted by atomic mass is 19.4. The molecule has 0 aliphatic carbocycles. The maximum absolute atomic E-state index is 12.5. The number of halogens is 3. The van der Waals surface area contributed by atoms with Gasteiger partial charge in [0.15, 0.2) is 6.10 Å². The van der Waals surface area contributed by atoms with Crippen LogP contribution in [0, 0.1) is 0 Å². The Hall–Kier alpha value is -3.10. The second kappa shape index (κ2) is 6.08. The predicted molar refractivity (Wildman–Crippen MR) is 82.4 cm³/mol. The minimum atomic E-state index is -4.57. The van der Waals surface area contributed by atoms with Crippen LogP contribution in [-0.2, 0) is 11.0 Å². The van der Waals surface area contributed by atoms with Crippen molar-refractivity contribution in [3.05, 3.63) is 47.8 Å². The summed E-state index contributed by atoms with van der Waals surface area (Å²) in [5.41, 5.74) is -0.361. The predicted octanol–water partition coefficient (Wildman–Crippen LogP) is 3.07. The molecule has 1 atom stereocenters. The highest BCUT2D eigenvalue weighted by Gasteiger charge is 2.32. The molecule has 0 radical (unpaired) electrons. The van der Waals surface area contributed by atoms with Crippen molar-refractivity contribution >= 4 is 23.2 Å². The molecule has 130 valence electrons. The fourth-order valence-corrected chi connectivity index (χ4v) is 2.19. The highest BCUT2D eigenvalue weighted by Crippen LogP contribution is 2.32. The third kappa shape index (κ3) is 3.54. The number of nitrogens with one attached hydrogen (secondary N) is 2. The number of hydrogen-bond acceptors (Lipinski definition) is 4. The van der Waals surface area contributed by atoms with Crippen molar-refractivity contribution in [1.82, 2.24) is 4.98 Å². The molecule has 2 heterocycles. The van der Waals surface area contributed by atoms with Crippen LogP contribution in [0.4, 0.5) is 24.5 Å². The number of hydrogen-bond donors (Lipinski definition) is 2. The summed E-state index contributed by atoms with van der Waals surface area (Å²) in [5, 5.41) is 5.16. The van der Waals surface area contributed by atoms with Gasteiger partial charge < -0.3 is 15.4 Å². The van der Waals surface area contributed by atoms with Gasteiger partial charge in [-0.15, -0.1) is 0 Å². The summed E-state index contributed by atoms with van der Waals surface area (Å²) in [6, 6.07) is 6.40. The Morgan fingerprint density at radius 3 is 2.68 bits per heavy atom. The van der Waals surface area contributed by atoms with Gasteiger partial charge in [0.2, 0.25) is 0 Å². The minimum absolute atomic E-state index is 0.0281. The number of rotatable bonds is 2. The van der Waals surface area contributed by atoms with Gasteiger partial charge in [-0.2, -0.15) is 13.2 Å². The average molecular weight is 351 g/mol. The number of pyridine rings is 1. The summed E-state index contributed by atoms with van der Waals surface area (Å²) in [4.78, 5) is 26.9. The number of fused-ring (bicyclic) bond motifs is 1. The van der Waals surface area contributed by atoms with E-state index in [9.17, 15) is 22.8 Å². The van der Waals surface area contributed by atoms with E-state index in [0.29, 0.717) is 17.1 Å². The van der Waals surface area contributed by atoms with Crippen LogP contribution >= 0.6 is 0 Å². The van der Waals surface area contributed by atoms with Crippen molar-refractivity contribution in [3.63, 3.8) is 0 Å². The van der Waals surface area contributed by atoms with Gasteiger partial charge in [0.25, 0.3) is 11.8 Å². The third-order valence-corrected chi connectivity index (χ3v) is 3.48. The van der Waals surface area contributed by atoms with Crippen molar-refractivity contribution in [2.45, 2.75) is 19.2 Å². The van der Waals surface area contributed by atoms with Gasteiger partial charge in [0.05, 0.1) is 11.3 Å². The first-order valence-corrected chi connectivity index (χ1v) is 7.20. The Morgan fingerprint density at radius 2 is 2.04 bits per heavy atom. The third-order valence-electron chi connectivity index (χ3n) is 3.48. The summed E-state index contributed by atoms with van der Waals surface area (Å²) in [6.45, 7) is 1.60. The van der Waals surface area contributed by atoms with Crippen molar-refractivity contribution in [3.8, 4) is 5.75 Å². The largest absolute Gasteiger partial charge is 0.479 e. The molecular formula is C16H12F3N3O3. The fraction of sp³-hybridized carbons (Fsp3) is 0.188. The Labute approximate surface area is 140 Å². The number of anilines is 2. The lowest BCUT2D eigenvalue weighted by atomic mass is 10.2. The van der Waals surface area contributed by atoms with Crippen LogP contribution in [0.15, 0.2) is 36.5 Å². The molecule has 25 heavy (non-hydrogen) atoms. The molecule has 1 unspecified atom stereocenters. The van der Waals surface area contributed by atoms with Crippen LogP contribution in [0.2, 0.25) is 0 Å². The van der Waals surface area contributed by atoms with Gasteiger partial charge in [-0.3, -0.25) is 14.6 Å². The van der Waals surface area contributed by atoms with Gasteiger partial charge in [-0.25, -0.2) is 0 Å². The number of carbonyl (C=O) groups excluding carboxylic acids is 2. The van der Waals surface area contributed by atoms with E-state index in [2.05, 4.69) is 15.6 Å². The van der Waals surface area contributed by atoms with Crippen LogP contribution in [0.3, 0.4) is 0 Å². The van der Waals surface area contributed by atoms with E-state index < -0.39 is 23.9 Å². The summed E-state index contributed by atoms with van der Waals surface area (Å²) in [7, 11) is 0. The number of aromatic nitrogens is 1.